The van der Waals surface area contributed by atoms with Crippen molar-refractivity contribution in [1.29, 1.82) is 0 Å². The Morgan fingerprint density at radius 1 is 1.03 bits per heavy atom. The van der Waals surface area contributed by atoms with Gasteiger partial charge in [0.1, 0.15) is 18.0 Å². The second kappa shape index (κ2) is 18.2. The number of halogens is 3. The fourth-order valence-corrected chi connectivity index (χ4v) is 8.68. The van der Waals surface area contributed by atoms with E-state index >= 15 is 0 Å². The van der Waals surface area contributed by atoms with Crippen LogP contribution in [0, 0.1) is 5.82 Å². The third-order valence-electron chi connectivity index (χ3n) is 11.3. The van der Waals surface area contributed by atoms with Crippen molar-refractivity contribution in [2.24, 2.45) is 0 Å². The van der Waals surface area contributed by atoms with Crippen molar-refractivity contribution in [3.63, 3.8) is 0 Å². The molecule has 2 atom stereocenters. The van der Waals surface area contributed by atoms with E-state index in [1.807, 2.05) is 27.9 Å². The molecule has 2 aromatic carbocycles. The fraction of sp³-hybridized carbons (Fsp3) is 0.429. The Morgan fingerprint density at radius 3 is 2.60 bits per heavy atom. The van der Waals surface area contributed by atoms with Gasteiger partial charge in [-0.2, -0.15) is 5.10 Å². The van der Waals surface area contributed by atoms with Crippen LogP contribution in [0.3, 0.4) is 0 Å². The number of amides is 4. The number of piperidine rings is 2. The topological polar surface area (TPSA) is 165 Å². The summed E-state index contributed by atoms with van der Waals surface area (Å²) < 4.78 is 22.1. The van der Waals surface area contributed by atoms with Gasteiger partial charge in [-0.3, -0.25) is 29.2 Å². The standard InChI is InChI=1S/C42H47Cl2FN8O5/c1-25(38-31(43)11-12-32(45)39(38)44)58-35-20-26(21-48-40(35)46)27-22-49-53(23-27)28-15-18-51(19-16-28)37(55)10-5-3-2-4-6-17-47-33-9-7-8-29-30(33)24-52(42(29)57)34-13-14-36(54)50-41(34)56/h7-9,11-12,20-23,25,28,34,47H,2-6,10,13-19,24H2,1H3,(H2,46,48)(H,50,54,56). The highest BCUT2D eigenvalue weighted by atomic mass is 35.5. The van der Waals surface area contributed by atoms with Crippen LogP contribution in [0.25, 0.3) is 11.1 Å². The van der Waals surface area contributed by atoms with E-state index in [1.165, 1.54) is 12.1 Å². The number of benzene rings is 2. The predicted molar refractivity (Wildman–Crippen MR) is 219 cm³/mol. The van der Waals surface area contributed by atoms with Crippen molar-refractivity contribution in [3.05, 3.63) is 87.5 Å². The Bertz CT molecular complexity index is 2190. The molecule has 4 N–H and O–H groups in total. The SMILES string of the molecule is CC(Oc1cc(-c2cnn(C3CCN(C(=O)CCCCCCCNc4cccc5c4CN(C4CCC(=O)NC4=O)C5=O)CC3)c2)cnc1N)c1c(Cl)ccc(F)c1Cl. The quantitative estimate of drug-likeness (QED) is 0.0626. The molecule has 0 bridgehead atoms. The number of unbranched alkanes of at least 4 members (excludes halogenated alkanes) is 4. The Balaban J connectivity index is 0.803. The van der Waals surface area contributed by atoms with Crippen molar-refractivity contribution < 1.29 is 28.3 Å². The van der Waals surface area contributed by atoms with Crippen molar-refractivity contribution in [2.75, 3.05) is 30.7 Å². The molecule has 306 valence electrons. The van der Waals surface area contributed by atoms with Crippen LogP contribution in [-0.4, -0.2) is 73.9 Å². The molecule has 2 aromatic heterocycles. The minimum Gasteiger partial charge on any atom is -0.482 e. The zero-order chi connectivity index (χ0) is 40.9. The molecule has 0 aliphatic carbocycles. The first-order valence-electron chi connectivity index (χ1n) is 19.9. The number of nitrogens with two attached hydrogens (primary N) is 1. The number of hydrogen-bond acceptors (Lipinski definition) is 9. The number of carbonyl (C=O) groups excluding carboxylic acids is 4. The van der Waals surface area contributed by atoms with Crippen molar-refractivity contribution >= 4 is 58.3 Å². The average Bonchev–Trinajstić information content (AvgIpc) is 3.84. The third kappa shape index (κ3) is 9.07. The van der Waals surface area contributed by atoms with Gasteiger partial charge in [0.15, 0.2) is 11.6 Å². The zero-order valence-electron chi connectivity index (χ0n) is 32.3. The molecule has 58 heavy (non-hydrogen) atoms. The minimum absolute atomic E-state index is 0.105. The van der Waals surface area contributed by atoms with Crippen LogP contribution in [-0.2, 0) is 20.9 Å². The normalized spacial score (nSPS) is 17.7. The number of imide groups is 1. The van der Waals surface area contributed by atoms with Gasteiger partial charge in [-0.15, -0.1) is 0 Å². The van der Waals surface area contributed by atoms with E-state index in [-0.39, 0.29) is 46.0 Å². The summed E-state index contributed by atoms with van der Waals surface area (Å²) in [6.45, 7) is 4.16. The second-order valence-electron chi connectivity index (χ2n) is 15.1. The van der Waals surface area contributed by atoms with Crippen LogP contribution >= 0.6 is 23.2 Å². The Kier molecular flexibility index (Phi) is 12.8. The van der Waals surface area contributed by atoms with Gasteiger partial charge in [0, 0.05) is 89.9 Å². The van der Waals surface area contributed by atoms with E-state index in [0.717, 1.165) is 73.9 Å². The highest BCUT2D eigenvalue weighted by Crippen LogP contribution is 2.38. The van der Waals surface area contributed by atoms with Gasteiger partial charge in [0.2, 0.25) is 17.7 Å². The van der Waals surface area contributed by atoms with Crippen molar-refractivity contribution in [3.8, 4) is 16.9 Å². The molecule has 5 heterocycles. The van der Waals surface area contributed by atoms with Gasteiger partial charge in [0.25, 0.3) is 5.91 Å². The van der Waals surface area contributed by atoms with Gasteiger partial charge in [0.05, 0.1) is 17.3 Å². The van der Waals surface area contributed by atoms with Crippen LogP contribution in [0.5, 0.6) is 5.75 Å². The smallest absolute Gasteiger partial charge is 0.255 e. The van der Waals surface area contributed by atoms with Gasteiger partial charge >= 0.3 is 0 Å². The zero-order valence-corrected chi connectivity index (χ0v) is 33.8. The van der Waals surface area contributed by atoms with Crippen LogP contribution in [0.15, 0.2) is 55.0 Å². The molecule has 4 aromatic rings. The predicted octanol–water partition coefficient (Wildman–Crippen LogP) is 7.49. The van der Waals surface area contributed by atoms with Gasteiger partial charge in [-0.25, -0.2) is 9.37 Å². The number of anilines is 2. The summed E-state index contributed by atoms with van der Waals surface area (Å²) in [6.07, 6.45) is 12.2. The molecule has 13 nitrogen and oxygen atoms in total. The van der Waals surface area contributed by atoms with E-state index in [4.69, 9.17) is 33.7 Å². The number of rotatable bonds is 15. The van der Waals surface area contributed by atoms with Gasteiger partial charge < -0.3 is 25.6 Å². The Labute approximate surface area is 346 Å². The molecular formula is C42H47Cl2FN8O5. The average molecular weight is 834 g/mol. The van der Waals surface area contributed by atoms with Crippen molar-refractivity contribution in [1.82, 2.24) is 29.9 Å². The highest BCUT2D eigenvalue weighted by Gasteiger charge is 2.40. The number of ether oxygens (including phenoxy) is 1. The third-order valence-corrected chi connectivity index (χ3v) is 12.0. The van der Waals surface area contributed by atoms with Crippen LogP contribution < -0.4 is 21.1 Å². The van der Waals surface area contributed by atoms with E-state index < -0.39 is 23.9 Å². The monoisotopic (exact) mass is 832 g/mol. The highest BCUT2D eigenvalue weighted by molar-refractivity contribution is 6.36. The maximum Gasteiger partial charge on any atom is 0.255 e. The lowest BCUT2D eigenvalue weighted by molar-refractivity contribution is -0.137. The maximum absolute atomic E-state index is 14.1. The lowest BCUT2D eigenvalue weighted by atomic mass is 10.0. The molecule has 0 spiro atoms. The van der Waals surface area contributed by atoms with Crippen LogP contribution in [0.4, 0.5) is 15.9 Å². The number of nitrogen functional groups attached to an aromatic ring is 1. The maximum atomic E-state index is 14.1. The molecule has 16 heteroatoms. The fourth-order valence-electron chi connectivity index (χ4n) is 8.00. The number of pyridine rings is 1. The lowest BCUT2D eigenvalue weighted by Gasteiger charge is -2.32. The number of aromatic nitrogens is 3. The molecular weight excluding hydrogens is 786 g/mol. The first-order valence-corrected chi connectivity index (χ1v) is 20.6. The molecule has 0 saturated carbocycles. The molecule has 2 unspecified atom stereocenters. The largest absolute Gasteiger partial charge is 0.482 e. The molecule has 7 rings (SSSR count). The summed E-state index contributed by atoms with van der Waals surface area (Å²) in [5.41, 5.74) is 10.4. The minimum atomic E-state index is -0.694. The number of likely N-dealkylation sites (tertiary alicyclic amines) is 1. The Hall–Kier alpha value is -5.21. The number of nitrogens with one attached hydrogen (secondary N) is 2. The van der Waals surface area contributed by atoms with Crippen LogP contribution in [0.1, 0.15) is 105 Å². The van der Waals surface area contributed by atoms with Gasteiger partial charge in [-0.05, 0) is 69.4 Å². The van der Waals surface area contributed by atoms with E-state index in [0.29, 0.717) is 49.4 Å². The summed E-state index contributed by atoms with van der Waals surface area (Å²) in [6, 6.07) is 9.52. The summed E-state index contributed by atoms with van der Waals surface area (Å²) >= 11 is 12.5. The first-order chi connectivity index (χ1) is 28.0. The summed E-state index contributed by atoms with van der Waals surface area (Å²) in [5, 5.41) is 10.6. The number of hydrogen-bond donors (Lipinski definition) is 3. The molecule has 3 aliphatic rings. The second-order valence-corrected chi connectivity index (χ2v) is 15.9. The molecule has 4 amide bonds. The Morgan fingerprint density at radius 2 is 1.81 bits per heavy atom. The summed E-state index contributed by atoms with van der Waals surface area (Å²) in [7, 11) is 0. The summed E-state index contributed by atoms with van der Waals surface area (Å²) in [4.78, 5) is 58.0. The van der Waals surface area contributed by atoms with E-state index in [2.05, 4.69) is 20.7 Å². The van der Waals surface area contributed by atoms with Crippen molar-refractivity contribution in [2.45, 2.75) is 95.9 Å². The molecule has 2 fully saturated rings. The van der Waals surface area contributed by atoms with E-state index in [1.54, 1.807) is 36.4 Å². The molecule has 0 radical (unpaired) electrons. The number of carbonyl (C=O) groups is 4. The van der Waals surface area contributed by atoms with E-state index in [9.17, 15) is 23.6 Å². The first kappa shape index (κ1) is 41.0. The van der Waals surface area contributed by atoms with Crippen LogP contribution in [0.2, 0.25) is 10.0 Å². The summed E-state index contributed by atoms with van der Waals surface area (Å²) in [5.74, 6) is -0.805. The lowest BCUT2D eigenvalue weighted by Crippen LogP contribution is -2.52. The van der Waals surface area contributed by atoms with Gasteiger partial charge in [-0.1, -0.05) is 48.5 Å². The number of fused-ring (bicyclic) bond motifs is 1. The number of nitrogens with zero attached hydrogens (tertiary/aromatic N) is 5. The molecule has 2 saturated heterocycles. The molecule has 3 aliphatic heterocycles.